The largest absolute Gasteiger partial charge is 0.316 e. The molecular formula is C11H16ClNO. The van der Waals surface area contributed by atoms with Crippen molar-refractivity contribution in [2.24, 2.45) is 0 Å². The molecule has 0 atom stereocenters. The average Bonchev–Trinajstić information content (AvgIpc) is 2.02. The first-order valence-corrected chi connectivity index (χ1v) is 4.99. The summed E-state index contributed by atoms with van der Waals surface area (Å²) in [7, 11) is 0. The molecule has 0 spiro atoms. The van der Waals surface area contributed by atoms with Gasteiger partial charge in [-0.1, -0.05) is 38.4 Å². The summed E-state index contributed by atoms with van der Waals surface area (Å²) in [5.74, 6) is 0. The first kappa shape index (κ1) is 11.5. The van der Waals surface area contributed by atoms with Crippen LogP contribution >= 0.6 is 11.6 Å². The van der Waals surface area contributed by atoms with Gasteiger partial charge in [-0.05, 0) is 28.7 Å². The van der Waals surface area contributed by atoms with E-state index in [-0.39, 0.29) is 5.41 Å². The van der Waals surface area contributed by atoms with Crippen molar-refractivity contribution in [2.75, 3.05) is 0 Å². The fourth-order valence-corrected chi connectivity index (χ4v) is 1.72. The van der Waals surface area contributed by atoms with Crippen LogP contribution in [0.3, 0.4) is 0 Å². The Morgan fingerprint density at radius 3 is 2.50 bits per heavy atom. The molecule has 0 aliphatic rings. The minimum atomic E-state index is 0.0662. The second-order valence-electron chi connectivity index (χ2n) is 4.39. The van der Waals surface area contributed by atoms with Crippen molar-refractivity contribution in [1.29, 1.82) is 0 Å². The molecule has 2 N–H and O–H groups in total. The zero-order chi connectivity index (χ0) is 10.8. The molecule has 0 fully saturated rings. The lowest BCUT2D eigenvalue weighted by molar-refractivity contribution is 0.160. The summed E-state index contributed by atoms with van der Waals surface area (Å²) >= 11 is 5.89. The van der Waals surface area contributed by atoms with Gasteiger partial charge in [0.25, 0.3) is 0 Å². The van der Waals surface area contributed by atoms with Crippen LogP contribution in [0.2, 0.25) is 5.02 Å². The molecule has 0 aromatic heterocycles. The summed E-state index contributed by atoms with van der Waals surface area (Å²) < 4.78 is 0. The highest BCUT2D eigenvalue weighted by Gasteiger charge is 2.17. The standard InChI is InChI=1S/C11H16ClNO/c1-11(2,3)10-5-4-9(12)6-8(10)7-13-14/h4-6,13-14H,7H2,1-3H3. The molecule has 78 valence electrons. The molecular weight excluding hydrogens is 198 g/mol. The van der Waals surface area contributed by atoms with Crippen molar-refractivity contribution < 1.29 is 5.21 Å². The normalized spacial score (nSPS) is 11.8. The summed E-state index contributed by atoms with van der Waals surface area (Å²) in [6.45, 7) is 6.83. The van der Waals surface area contributed by atoms with E-state index < -0.39 is 0 Å². The third kappa shape index (κ3) is 2.71. The fraction of sp³-hybridized carbons (Fsp3) is 0.455. The Bertz CT molecular complexity index is 318. The lowest BCUT2D eigenvalue weighted by atomic mass is 9.84. The highest BCUT2D eigenvalue weighted by atomic mass is 35.5. The first-order valence-electron chi connectivity index (χ1n) is 4.61. The predicted molar refractivity (Wildman–Crippen MR) is 58.8 cm³/mol. The van der Waals surface area contributed by atoms with E-state index in [1.54, 1.807) is 0 Å². The van der Waals surface area contributed by atoms with Crippen molar-refractivity contribution >= 4 is 11.6 Å². The van der Waals surface area contributed by atoms with E-state index in [4.69, 9.17) is 16.8 Å². The Morgan fingerprint density at radius 2 is 2.00 bits per heavy atom. The molecule has 14 heavy (non-hydrogen) atoms. The number of nitrogens with one attached hydrogen (secondary N) is 1. The summed E-state index contributed by atoms with van der Waals surface area (Å²) in [6.07, 6.45) is 0. The van der Waals surface area contributed by atoms with Crippen molar-refractivity contribution in [3.05, 3.63) is 34.3 Å². The number of hydrogen-bond donors (Lipinski definition) is 2. The van der Waals surface area contributed by atoms with Crippen LogP contribution in [0.1, 0.15) is 31.9 Å². The van der Waals surface area contributed by atoms with Gasteiger partial charge in [0.15, 0.2) is 0 Å². The molecule has 0 bridgehead atoms. The van der Waals surface area contributed by atoms with E-state index in [1.807, 2.05) is 18.2 Å². The maximum atomic E-state index is 8.71. The Labute approximate surface area is 89.9 Å². The third-order valence-corrected chi connectivity index (χ3v) is 2.38. The second-order valence-corrected chi connectivity index (χ2v) is 4.82. The number of benzene rings is 1. The molecule has 0 amide bonds. The lowest BCUT2D eigenvalue weighted by Crippen LogP contribution is -2.17. The first-order chi connectivity index (χ1) is 6.45. The van der Waals surface area contributed by atoms with Crippen LogP contribution in [-0.4, -0.2) is 5.21 Å². The van der Waals surface area contributed by atoms with E-state index in [0.29, 0.717) is 11.6 Å². The van der Waals surface area contributed by atoms with Gasteiger partial charge in [-0.15, -0.1) is 0 Å². The van der Waals surface area contributed by atoms with Crippen LogP contribution < -0.4 is 5.48 Å². The van der Waals surface area contributed by atoms with Gasteiger partial charge in [-0.2, -0.15) is 0 Å². The summed E-state index contributed by atoms with van der Waals surface area (Å²) in [5, 5.41) is 9.41. The summed E-state index contributed by atoms with van der Waals surface area (Å²) in [6, 6.07) is 5.77. The summed E-state index contributed by atoms with van der Waals surface area (Å²) in [5.41, 5.74) is 4.46. The smallest absolute Gasteiger partial charge is 0.0461 e. The van der Waals surface area contributed by atoms with Crippen LogP contribution in [0.5, 0.6) is 0 Å². The third-order valence-electron chi connectivity index (χ3n) is 2.14. The molecule has 1 rings (SSSR count). The number of halogens is 1. The zero-order valence-corrected chi connectivity index (χ0v) is 9.52. The van der Waals surface area contributed by atoms with Gasteiger partial charge < -0.3 is 5.21 Å². The van der Waals surface area contributed by atoms with Crippen molar-refractivity contribution in [3.63, 3.8) is 0 Å². The quantitative estimate of drug-likeness (QED) is 0.740. The fourth-order valence-electron chi connectivity index (χ4n) is 1.53. The number of rotatable bonds is 2. The molecule has 0 aliphatic heterocycles. The molecule has 0 radical (unpaired) electrons. The van der Waals surface area contributed by atoms with E-state index in [1.165, 1.54) is 5.56 Å². The van der Waals surface area contributed by atoms with Gasteiger partial charge in [0, 0.05) is 11.6 Å². The Balaban J connectivity index is 3.15. The van der Waals surface area contributed by atoms with Crippen LogP contribution in [-0.2, 0) is 12.0 Å². The maximum absolute atomic E-state index is 8.71. The van der Waals surface area contributed by atoms with Crippen LogP contribution in [0.4, 0.5) is 0 Å². The maximum Gasteiger partial charge on any atom is 0.0461 e. The van der Waals surface area contributed by atoms with Crippen LogP contribution in [0.15, 0.2) is 18.2 Å². The van der Waals surface area contributed by atoms with Gasteiger partial charge in [0.2, 0.25) is 0 Å². The van der Waals surface area contributed by atoms with E-state index >= 15 is 0 Å². The number of hydroxylamine groups is 1. The molecule has 1 aromatic carbocycles. The molecule has 0 aliphatic carbocycles. The zero-order valence-electron chi connectivity index (χ0n) is 8.76. The molecule has 0 unspecified atom stereocenters. The van der Waals surface area contributed by atoms with Crippen molar-refractivity contribution in [2.45, 2.75) is 32.7 Å². The topological polar surface area (TPSA) is 32.3 Å². The molecule has 0 heterocycles. The predicted octanol–water partition coefficient (Wildman–Crippen LogP) is 3.12. The average molecular weight is 214 g/mol. The molecule has 2 nitrogen and oxygen atoms in total. The highest BCUT2D eigenvalue weighted by molar-refractivity contribution is 6.30. The van der Waals surface area contributed by atoms with E-state index in [0.717, 1.165) is 5.56 Å². The Morgan fingerprint density at radius 1 is 1.36 bits per heavy atom. The molecule has 0 saturated heterocycles. The van der Waals surface area contributed by atoms with E-state index in [2.05, 4.69) is 26.3 Å². The van der Waals surface area contributed by atoms with Gasteiger partial charge in [-0.25, -0.2) is 5.48 Å². The Kier molecular flexibility index (Phi) is 3.53. The van der Waals surface area contributed by atoms with Crippen LogP contribution in [0.25, 0.3) is 0 Å². The van der Waals surface area contributed by atoms with Crippen molar-refractivity contribution in [3.8, 4) is 0 Å². The molecule has 3 heteroatoms. The van der Waals surface area contributed by atoms with Gasteiger partial charge >= 0.3 is 0 Å². The molecule has 0 saturated carbocycles. The second kappa shape index (κ2) is 4.30. The lowest BCUT2D eigenvalue weighted by Gasteiger charge is -2.22. The molecule has 1 aromatic rings. The van der Waals surface area contributed by atoms with Gasteiger partial charge in [0.05, 0.1) is 0 Å². The highest BCUT2D eigenvalue weighted by Crippen LogP contribution is 2.27. The Hall–Kier alpha value is -0.570. The summed E-state index contributed by atoms with van der Waals surface area (Å²) in [4.78, 5) is 0. The van der Waals surface area contributed by atoms with Crippen LogP contribution in [0, 0.1) is 0 Å². The van der Waals surface area contributed by atoms with Gasteiger partial charge in [-0.3, -0.25) is 0 Å². The monoisotopic (exact) mass is 213 g/mol. The van der Waals surface area contributed by atoms with Gasteiger partial charge in [0.1, 0.15) is 0 Å². The number of hydrogen-bond acceptors (Lipinski definition) is 2. The van der Waals surface area contributed by atoms with E-state index in [9.17, 15) is 0 Å². The minimum absolute atomic E-state index is 0.0662. The minimum Gasteiger partial charge on any atom is -0.316 e. The van der Waals surface area contributed by atoms with Crippen molar-refractivity contribution in [1.82, 2.24) is 5.48 Å². The SMILES string of the molecule is CC(C)(C)c1ccc(Cl)cc1CNO.